The second kappa shape index (κ2) is 9.42. The van der Waals surface area contributed by atoms with Gasteiger partial charge >= 0.3 is 0 Å². The highest BCUT2D eigenvalue weighted by Crippen LogP contribution is 2.47. The number of nitrogens with one attached hydrogen (secondary N) is 2. The molecule has 2 aromatic carbocycles. The number of carbonyl (C=O) groups excluding carboxylic acids is 2. The van der Waals surface area contributed by atoms with E-state index < -0.39 is 6.04 Å². The Labute approximate surface area is 201 Å². The number of hydrogen-bond acceptors (Lipinski definition) is 7. The van der Waals surface area contributed by atoms with E-state index in [1.807, 2.05) is 62.4 Å². The summed E-state index contributed by atoms with van der Waals surface area (Å²) in [6, 6.07) is 14.9. The van der Waals surface area contributed by atoms with Crippen LogP contribution in [-0.4, -0.2) is 34.8 Å². The molecule has 5 rings (SSSR count). The maximum absolute atomic E-state index is 13.1. The summed E-state index contributed by atoms with van der Waals surface area (Å²) < 4.78 is 10.8. The monoisotopic (exact) mass is 478 g/mol. The molecule has 1 aliphatic heterocycles. The molecule has 4 atom stereocenters. The van der Waals surface area contributed by atoms with E-state index in [0.29, 0.717) is 21.6 Å². The summed E-state index contributed by atoms with van der Waals surface area (Å²) in [5, 5.41) is 15.2. The number of ether oxygens (including phenoxy) is 2. The van der Waals surface area contributed by atoms with Crippen molar-refractivity contribution in [1.82, 2.24) is 15.5 Å². The van der Waals surface area contributed by atoms with Gasteiger partial charge in [-0.3, -0.25) is 14.9 Å². The summed E-state index contributed by atoms with van der Waals surface area (Å²) in [5.41, 5.74) is 1.99. The van der Waals surface area contributed by atoms with Crippen molar-refractivity contribution in [2.75, 3.05) is 12.1 Å². The third kappa shape index (κ3) is 4.61. The first-order valence-corrected chi connectivity index (χ1v) is 12.2. The molecule has 1 fully saturated rings. The Morgan fingerprint density at radius 3 is 2.71 bits per heavy atom. The van der Waals surface area contributed by atoms with Crippen molar-refractivity contribution in [1.29, 1.82) is 0 Å². The number of fused-ring (bicyclic) bond motifs is 1. The highest BCUT2D eigenvalue weighted by atomic mass is 32.1. The Kier molecular flexibility index (Phi) is 6.19. The van der Waals surface area contributed by atoms with E-state index in [4.69, 9.17) is 9.47 Å². The van der Waals surface area contributed by atoms with E-state index in [1.54, 1.807) is 0 Å². The van der Waals surface area contributed by atoms with Gasteiger partial charge in [-0.1, -0.05) is 61.9 Å². The smallest absolute Gasteiger partial charge is 0.249 e. The van der Waals surface area contributed by atoms with Gasteiger partial charge in [-0.2, -0.15) is 0 Å². The number of benzene rings is 2. The van der Waals surface area contributed by atoms with Gasteiger partial charge in [0.25, 0.3) is 0 Å². The number of aromatic nitrogens is 2. The third-order valence-corrected chi connectivity index (χ3v) is 7.31. The minimum atomic E-state index is -0.646. The zero-order chi connectivity index (χ0) is 23.7. The fraction of sp³-hybridized carbons (Fsp3) is 0.360. The fourth-order valence-electron chi connectivity index (χ4n) is 4.12. The molecule has 34 heavy (non-hydrogen) atoms. The van der Waals surface area contributed by atoms with Crippen molar-refractivity contribution in [2.45, 2.75) is 38.6 Å². The second-order valence-electron chi connectivity index (χ2n) is 8.70. The molecule has 2 amide bonds. The van der Waals surface area contributed by atoms with Crippen molar-refractivity contribution >= 4 is 28.3 Å². The fourth-order valence-corrected chi connectivity index (χ4v) is 4.86. The van der Waals surface area contributed by atoms with Gasteiger partial charge in [-0.05, 0) is 42.0 Å². The molecule has 2 heterocycles. The average Bonchev–Trinajstić information content (AvgIpc) is 3.29. The standard InChI is InChI=1S/C25H26N4O4S/c1-3-14(2)21(26-22(30)18-12-17(18)15-7-5-4-6-8-15)23(31)27-25-29-28-24(34-25)16-9-10-19-20(11-16)33-13-32-19/h4-11,14,17-18,21H,3,12-13H2,1-2H3,(H,26,30)(H,27,29,31). The molecular weight excluding hydrogens is 452 g/mol. The van der Waals surface area contributed by atoms with Crippen LogP contribution in [0.1, 0.15) is 38.2 Å². The lowest BCUT2D eigenvalue weighted by Gasteiger charge is -2.23. The SMILES string of the molecule is CCC(C)C(NC(=O)C1CC1c1ccccc1)C(=O)Nc1nnc(-c2ccc3c(c2)OCO3)s1. The minimum absolute atomic E-state index is 0.0286. The Morgan fingerprint density at radius 2 is 1.91 bits per heavy atom. The van der Waals surface area contributed by atoms with Gasteiger partial charge in [0.15, 0.2) is 11.5 Å². The molecule has 176 valence electrons. The van der Waals surface area contributed by atoms with Crippen LogP contribution < -0.4 is 20.1 Å². The molecule has 9 heteroatoms. The summed E-state index contributed by atoms with van der Waals surface area (Å²) in [7, 11) is 0. The van der Waals surface area contributed by atoms with Gasteiger partial charge in [0.05, 0.1) is 0 Å². The Bertz CT molecular complexity index is 1200. The molecule has 0 saturated heterocycles. The highest BCUT2D eigenvalue weighted by Gasteiger charge is 2.45. The molecular formula is C25H26N4O4S. The zero-order valence-corrected chi connectivity index (χ0v) is 19.8. The summed E-state index contributed by atoms with van der Waals surface area (Å²) >= 11 is 1.27. The molecule has 0 radical (unpaired) electrons. The van der Waals surface area contributed by atoms with Crippen LogP contribution in [0.4, 0.5) is 5.13 Å². The number of nitrogens with zero attached hydrogens (tertiary/aromatic N) is 2. The highest BCUT2D eigenvalue weighted by molar-refractivity contribution is 7.18. The van der Waals surface area contributed by atoms with E-state index in [1.165, 1.54) is 11.3 Å². The maximum atomic E-state index is 13.1. The van der Waals surface area contributed by atoms with Crippen molar-refractivity contribution in [3.8, 4) is 22.1 Å². The Hall–Kier alpha value is -3.46. The number of anilines is 1. The molecule has 0 bridgehead atoms. The second-order valence-corrected chi connectivity index (χ2v) is 9.68. The van der Waals surface area contributed by atoms with Crippen LogP contribution in [-0.2, 0) is 9.59 Å². The molecule has 1 aromatic heterocycles. The number of carbonyl (C=O) groups is 2. The van der Waals surface area contributed by atoms with Crippen LogP contribution in [0.2, 0.25) is 0 Å². The van der Waals surface area contributed by atoms with Gasteiger partial charge in [0.1, 0.15) is 11.0 Å². The van der Waals surface area contributed by atoms with Gasteiger partial charge in [-0.25, -0.2) is 0 Å². The molecule has 3 aromatic rings. The number of amides is 2. The summed E-state index contributed by atoms with van der Waals surface area (Å²) in [5.74, 6) is 1.08. The molecule has 1 saturated carbocycles. The Morgan fingerprint density at radius 1 is 1.12 bits per heavy atom. The molecule has 2 N–H and O–H groups in total. The van der Waals surface area contributed by atoms with Gasteiger partial charge in [0.2, 0.25) is 23.7 Å². The minimum Gasteiger partial charge on any atom is -0.454 e. The van der Waals surface area contributed by atoms with E-state index in [2.05, 4.69) is 20.8 Å². The van der Waals surface area contributed by atoms with Crippen LogP contribution in [0, 0.1) is 11.8 Å². The van der Waals surface area contributed by atoms with E-state index >= 15 is 0 Å². The first-order chi connectivity index (χ1) is 16.5. The molecule has 8 nitrogen and oxygen atoms in total. The van der Waals surface area contributed by atoms with E-state index in [0.717, 1.165) is 24.0 Å². The van der Waals surface area contributed by atoms with Crippen molar-refractivity contribution in [3.05, 3.63) is 54.1 Å². The van der Waals surface area contributed by atoms with Crippen LogP contribution in [0.3, 0.4) is 0 Å². The van der Waals surface area contributed by atoms with E-state index in [-0.39, 0.29) is 36.4 Å². The lowest BCUT2D eigenvalue weighted by Crippen LogP contribution is -2.48. The lowest BCUT2D eigenvalue weighted by atomic mass is 9.98. The molecule has 0 spiro atoms. The molecule has 1 aliphatic carbocycles. The quantitative estimate of drug-likeness (QED) is 0.503. The predicted molar refractivity (Wildman–Crippen MR) is 129 cm³/mol. The van der Waals surface area contributed by atoms with Gasteiger partial charge in [0, 0.05) is 11.5 Å². The Balaban J connectivity index is 1.24. The van der Waals surface area contributed by atoms with Crippen molar-refractivity contribution in [3.63, 3.8) is 0 Å². The van der Waals surface area contributed by atoms with E-state index in [9.17, 15) is 9.59 Å². The van der Waals surface area contributed by atoms with Crippen molar-refractivity contribution in [2.24, 2.45) is 11.8 Å². The third-order valence-electron chi connectivity index (χ3n) is 6.42. The first kappa shape index (κ1) is 22.3. The van der Waals surface area contributed by atoms with Crippen molar-refractivity contribution < 1.29 is 19.1 Å². The number of rotatable bonds is 8. The normalized spacial score (nSPS) is 19.8. The zero-order valence-electron chi connectivity index (χ0n) is 19.0. The summed E-state index contributed by atoms with van der Waals surface area (Å²) in [6.45, 7) is 4.17. The first-order valence-electron chi connectivity index (χ1n) is 11.4. The van der Waals surface area contributed by atoms with Crippen LogP contribution in [0.5, 0.6) is 11.5 Å². The maximum Gasteiger partial charge on any atom is 0.249 e. The van der Waals surface area contributed by atoms with Crippen LogP contribution in [0.15, 0.2) is 48.5 Å². The summed E-state index contributed by atoms with van der Waals surface area (Å²) in [4.78, 5) is 26.0. The number of hydrogen-bond donors (Lipinski definition) is 2. The topological polar surface area (TPSA) is 102 Å². The van der Waals surface area contributed by atoms with Gasteiger partial charge in [-0.15, -0.1) is 10.2 Å². The lowest BCUT2D eigenvalue weighted by molar-refractivity contribution is -0.128. The average molecular weight is 479 g/mol. The summed E-state index contributed by atoms with van der Waals surface area (Å²) in [6.07, 6.45) is 1.56. The van der Waals surface area contributed by atoms with Crippen LogP contribution in [0.25, 0.3) is 10.6 Å². The predicted octanol–water partition coefficient (Wildman–Crippen LogP) is 4.21. The largest absolute Gasteiger partial charge is 0.454 e. The molecule has 2 aliphatic rings. The van der Waals surface area contributed by atoms with Gasteiger partial charge < -0.3 is 14.8 Å². The van der Waals surface area contributed by atoms with Crippen LogP contribution >= 0.6 is 11.3 Å². The molecule has 4 unspecified atom stereocenters.